The minimum atomic E-state index is -0.246. The van der Waals surface area contributed by atoms with Gasteiger partial charge < -0.3 is 5.32 Å². The molecule has 1 aromatic heterocycles. The Bertz CT molecular complexity index is 853. The average Bonchev–Trinajstić information content (AvgIpc) is 3.09. The highest BCUT2D eigenvalue weighted by molar-refractivity contribution is 8.00. The van der Waals surface area contributed by atoms with Crippen molar-refractivity contribution in [3.05, 3.63) is 71.5 Å². The van der Waals surface area contributed by atoms with Crippen LogP contribution in [-0.4, -0.2) is 16.1 Å². The van der Waals surface area contributed by atoms with Gasteiger partial charge in [0.25, 0.3) is 0 Å². The van der Waals surface area contributed by atoms with Crippen molar-refractivity contribution in [3.8, 4) is 0 Å². The summed E-state index contributed by atoms with van der Waals surface area (Å²) in [5.41, 5.74) is 2.14. The number of thioether (sulfide) groups is 1. The lowest BCUT2D eigenvalue weighted by molar-refractivity contribution is -0.116. The lowest BCUT2D eigenvalue weighted by Gasteiger charge is -2.10. The van der Waals surface area contributed by atoms with E-state index >= 15 is 0 Å². The number of aromatic nitrogens is 2. The Balaban J connectivity index is 1.49. The number of nitrogens with zero attached hydrogens (tertiary/aromatic N) is 2. The Labute approximate surface area is 159 Å². The fourth-order valence-corrected chi connectivity index (χ4v) is 4.12. The number of nitrogens with one attached hydrogen (secondary N) is 1. The van der Waals surface area contributed by atoms with Gasteiger partial charge in [0.1, 0.15) is 5.82 Å². The summed E-state index contributed by atoms with van der Waals surface area (Å²) in [7, 11) is 0. The third kappa shape index (κ3) is 5.37. The molecule has 1 atom stereocenters. The minimum Gasteiger partial charge on any atom is -0.300 e. The number of hydrogen-bond donors (Lipinski definition) is 1. The van der Waals surface area contributed by atoms with Crippen LogP contribution in [0.4, 0.5) is 9.52 Å². The maximum Gasteiger partial charge on any atom is 0.226 e. The summed E-state index contributed by atoms with van der Waals surface area (Å²) in [6, 6.07) is 16.3. The topological polar surface area (TPSA) is 54.9 Å². The van der Waals surface area contributed by atoms with Crippen molar-refractivity contribution in [3.63, 3.8) is 0 Å². The van der Waals surface area contributed by atoms with E-state index in [1.54, 1.807) is 12.1 Å². The number of benzene rings is 2. The molecule has 1 N–H and O–H groups in total. The van der Waals surface area contributed by atoms with Crippen molar-refractivity contribution in [1.82, 2.24) is 10.2 Å². The molecule has 0 fully saturated rings. The Kier molecular flexibility index (Phi) is 6.35. The number of carbonyl (C=O) groups excluding carboxylic acids is 1. The second kappa shape index (κ2) is 8.91. The second-order valence-electron chi connectivity index (χ2n) is 5.85. The van der Waals surface area contributed by atoms with Crippen molar-refractivity contribution in [2.45, 2.75) is 29.4 Å². The minimum absolute atomic E-state index is 0.0763. The zero-order valence-electron chi connectivity index (χ0n) is 14.2. The molecular weight excluding hydrogens is 369 g/mol. The van der Waals surface area contributed by atoms with Gasteiger partial charge in [-0.2, -0.15) is 0 Å². The molecule has 2 aromatic carbocycles. The van der Waals surface area contributed by atoms with Crippen molar-refractivity contribution < 1.29 is 9.18 Å². The molecule has 7 heteroatoms. The van der Waals surface area contributed by atoms with Gasteiger partial charge in [0.15, 0.2) is 4.34 Å². The maximum absolute atomic E-state index is 12.9. The third-order valence-electron chi connectivity index (χ3n) is 3.79. The quantitative estimate of drug-likeness (QED) is 0.452. The molecule has 1 amide bonds. The van der Waals surface area contributed by atoms with Gasteiger partial charge in [0.05, 0.1) is 0 Å². The van der Waals surface area contributed by atoms with Crippen molar-refractivity contribution in [1.29, 1.82) is 0 Å². The van der Waals surface area contributed by atoms with Crippen LogP contribution >= 0.6 is 23.1 Å². The van der Waals surface area contributed by atoms with Crippen molar-refractivity contribution >= 4 is 34.1 Å². The second-order valence-corrected chi connectivity index (χ2v) is 8.05. The summed E-state index contributed by atoms with van der Waals surface area (Å²) < 4.78 is 13.7. The standard InChI is InChI=1S/C19H18FN3OS2/c1-13(15-5-3-2-4-6-15)11-17(24)21-18-22-23-19(26-18)25-12-14-7-9-16(20)10-8-14/h2-10,13H,11-12H2,1H3,(H,21,22,24)/t13-/m0/s1. The summed E-state index contributed by atoms with van der Waals surface area (Å²) >= 11 is 2.85. The lowest BCUT2D eigenvalue weighted by atomic mass is 9.98. The van der Waals surface area contributed by atoms with Crippen LogP contribution in [0.1, 0.15) is 30.4 Å². The fraction of sp³-hybridized carbons (Fsp3) is 0.211. The van der Waals surface area contributed by atoms with Gasteiger partial charge >= 0.3 is 0 Å². The zero-order valence-corrected chi connectivity index (χ0v) is 15.8. The molecular formula is C19H18FN3OS2. The SMILES string of the molecule is C[C@@H](CC(=O)Nc1nnc(SCc2ccc(F)cc2)s1)c1ccccc1. The smallest absolute Gasteiger partial charge is 0.226 e. The Morgan fingerprint density at radius 2 is 1.88 bits per heavy atom. The van der Waals surface area contributed by atoms with E-state index in [1.165, 1.54) is 35.2 Å². The van der Waals surface area contributed by atoms with E-state index < -0.39 is 0 Å². The molecule has 0 bridgehead atoms. The third-order valence-corrected chi connectivity index (χ3v) is 5.83. The normalized spacial score (nSPS) is 11.9. The highest BCUT2D eigenvalue weighted by atomic mass is 32.2. The first-order chi connectivity index (χ1) is 12.6. The van der Waals surface area contributed by atoms with E-state index in [2.05, 4.69) is 15.5 Å². The van der Waals surface area contributed by atoms with Crippen LogP contribution in [0.3, 0.4) is 0 Å². The van der Waals surface area contributed by atoms with Crippen LogP contribution in [0.25, 0.3) is 0 Å². The molecule has 0 saturated heterocycles. The molecule has 1 heterocycles. The van der Waals surface area contributed by atoms with Crippen LogP contribution in [0, 0.1) is 5.82 Å². The van der Waals surface area contributed by atoms with Gasteiger partial charge in [-0.05, 0) is 29.2 Å². The first-order valence-corrected chi connectivity index (χ1v) is 9.96. The maximum atomic E-state index is 12.9. The molecule has 3 aromatic rings. The number of hydrogen-bond acceptors (Lipinski definition) is 5. The van der Waals surface area contributed by atoms with Gasteiger partial charge in [0, 0.05) is 12.2 Å². The average molecular weight is 388 g/mol. The van der Waals surface area contributed by atoms with E-state index in [0.29, 0.717) is 17.3 Å². The molecule has 134 valence electrons. The summed E-state index contributed by atoms with van der Waals surface area (Å²) in [6.07, 6.45) is 0.391. The van der Waals surface area contributed by atoms with E-state index in [9.17, 15) is 9.18 Å². The predicted molar refractivity (Wildman–Crippen MR) is 104 cm³/mol. The van der Waals surface area contributed by atoms with Gasteiger partial charge in [-0.25, -0.2) is 4.39 Å². The molecule has 0 aliphatic rings. The molecule has 0 unspecified atom stereocenters. The van der Waals surface area contributed by atoms with Crippen molar-refractivity contribution in [2.75, 3.05) is 5.32 Å². The van der Waals surface area contributed by atoms with E-state index in [-0.39, 0.29) is 17.6 Å². The molecule has 3 rings (SSSR count). The number of halogens is 1. The molecule has 0 aliphatic carbocycles. The molecule has 0 spiro atoms. The highest BCUT2D eigenvalue weighted by Gasteiger charge is 2.13. The molecule has 4 nitrogen and oxygen atoms in total. The molecule has 26 heavy (non-hydrogen) atoms. The summed E-state index contributed by atoms with van der Waals surface area (Å²) in [4.78, 5) is 12.2. The fourth-order valence-electron chi connectivity index (χ4n) is 2.39. The number of carbonyl (C=O) groups is 1. The molecule has 0 saturated carbocycles. The van der Waals surface area contributed by atoms with Crippen molar-refractivity contribution in [2.24, 2.45) is 0 Å². The Morgan fingerprint density at radius 3 is 2.62 bits per heavy atom. The van der Waals surface area contributed by atoms with E-state index in [4.69, 9.17) is 0 Å². The van der Waals surface area contributed by atoms with Crippen LogP contribution in [0.2, 0.25) is 0 Å². The van der Waals surface area contributed by atoms with Gasteiger partial charge in [-0.1, -0.05) is 72.5 Å². The highest BCUT2D eigenvalue weighted by Crippen LogP contribution is 2.29. The predicted octanol–water partition coefficient (Wildman–Crippen LogP) is 5.10. The summed E-state index contributed by atoms with van der Waals surface area (Å²) in [5.74, 6) is 0.488. The van der Waals surface area contributed by atoms with Crippen LogP contribution in [0.15, 0.2) is 58.9 Å². The number of amides is 1. The molecule has 0 radical (unpaired) electrons. The van der Waals surface area contributed by atoms with E-state index in [0.717, 1.165) is 15.5 Å². The van der Waals surface area contributed by atoms with Crippen LogP contribution in [-0.2, 0) is 10.5 Å². The summed E-state index contributed by atoms with van der Waals surface area (Å²) in [5, 5.41) is 11.4. The molecule has 0 aliphatic heterocycles. The largest absolute Gasteiger partial charge is 0.300 e. The van der Waals surface area contributed by atoms with Crippen LogP contribution in [0.5, 0.6) is 0 Å². The van der Waals surface area contributed by atoms with Crippen LogP contribution < -0.4 is 5.32 Å². The first-order valence-electron chi connectivity index (χ1n) is 8.15. The lowest BCUT2D eigenvalue weighted by Crippen LogP contribution is -2.14. The number of rotatable bonds is 7. The van der Waals surface area contributed by atoms with Gasteiger partial charge in [-0.3, -0.25) is 4.79 Å². The van der Waals surface area contributed by atoms with E-state index in [1.807, 2.05) is 37.3 Å². The van der Waals surface area contributed by atoms with Gasteiger partial charge in [0.2, 0.25) is 11.0 Å². The summed E-state index contributed by atoms with van der Waals surface area (Å²) in [6.45, 7) is 2.03. The first kappa shape index (κ1) is 18.5. The zero-order chi connectivity index (χ0) is 18.4. The Hall–Kier alpha value is -2.25. The number of anilines is 1. The van der Waals surface area contributed by atoms with Gasteiger partial charge in [-0.15, -0.1) is 10.2 Å². The monoisotopic (exact) mass is 387 g/mol. The Morgan fingerprint density at radius 1 is 1.15 bits per heavy atom.